The van der Waals surface area contributed by atoms with E-state index in [0.717, 1.165) is 27.3 Å². The Morgan fingerprint density at radius 1 is 1.25 bits per heavy atom. The predicted octanol–water partition coefficient (Wildman–Crippen LogP) is 3.57. The van der Waals surface area contributed by atoms with Crippen molar-refractivity contribution in [2.45, 2.75) is 13.5 Å². The molecule has 0 bridgehead atoms. The monoisotopic (exact) mass is 331 g/mol. The van der Waals surface area contributed by atoms with E-state index < -0.39 is 0 Å². The lowest BCUT2D eigenvalue weighted by molar-refractivity contribution is 0.293. The topological polar surface area (TPSA) is 52.5 Å². The van der Waals surface area contributed by atoms with Crippen LogP contribution in [0.25, 0.3) is 5.52 Å². The number of halogens is 1. The number of aromatic nitrogens is 2. The van der Waals surface area contributed by atoms with Gasteiger partial charge in [0.25, 0.3) is 0 Å². The molecule has 20 heavy (non-hydrogen) atoms. The van der Waals surface area contributed by atoms with Crippen molar-refractivity contribution in [3.05, 3.63) is 58.6 Å². The molecule has 0 amide bonds. The van der Waals surface area contributed by atoms with Crippen LogP contribution in [0.1, 0.15) is 11.4 Å². The smallest absolute Gasteiger partial charge is 0.152 e. The molecule has 0 atom stereocenters. The predicted molar refractivity (Wildman–Crippen MR) is 82.8 cm³/mol. The number of hydrogen-bond acceptors (Lipinski definition) is 3. The Morgan fingerprint density at radius 2 is 2.05 bits per heavy atom. The highest BCUT2D eigenvalue weighted by molar-refractivity contribution is 9.10. The highest BCUT2D eigenvalue weighted by Gasteiger charge is 2.10. The second-order valence-electron chi connectivity index (χ2n) is 4.59. The summed E-state index contributed by atoms with van der Waals surface area (Å²) in [5, 5.41) is 0. The Bertz CT molecular complexity index is 767. The minimum atomic E-state index is 0.390. The van der Waals surface area contributed by atoms with Gasteiger partial charge in [0.05, 0.1) is 5.52 Å². The molecule has 4 nitrogen and oxygen atoms in total. The zero-order valence-corrected chi connectivity index (χ0v) is 12.6. The number of benzene rings is 1. The van der Waals surface area contributed by atoms with Crippen LogP contribution in [0.3, 0.4) is 0 Å². The van der Waals surface area contributed by atoms with Crippen LogP contribution in [-0.4, -0.2) is 9.38 Å². The minimum Gasteiger partial charge on any atom is -0.485 e. The van der Waals surface area contributed by atoms with Crippen LogP contribution in [0.15, 0.2) is 47.2 Å². The fraction of sp³-hybridized carbons (Fsp3) is 0.133. The molecule has 0 spiro atoms. The van der Waals surface area contributed by atoms with Crippen molar-refractivity contribution in [2.24, 2.45) is 0 Å². The van der Waals surface area contributed by atoms with Gasteiger partial charge in [-0.2, -0.15) is 0 Å². The molecule has 5 heteroatoms. The van der Waals surface area contributed by atoms with Crippen molar-refractivity contribution in [1.82, 2.24) is 9.38 Å². The molecule has 102 valence electrons. The summed E-state index contributed by atoms with van der Waals surface area (Å²) >= 11 is 3.45. The van der Waals surface area contributed by atoms with Crippen LogP contribution in [0.4, 0.5) is 5.69 Å². The number of anilines is 1. The minimum absolute atomic E-state index is 0.390. The summed E-state index contributed by atoms with van der Waals surface area (Å²) < 4.78 is 8.57. The van der Waals surface area contributed by atoms with Crippen molar-refractivity contribution in [2.75, 3.05) is 5.73 Å². The average Bonchev–Trinajstić information content (AvgIpc) is 2.74. The van der Waals surface area contributed by atoms with E-state index in [9.17, 15) is 0 Å². The number of hydrogen-bond donors (Lipinski definition) is 1. The Hall–Kier alpha value is -2.01. The van der Waals surface area contributed by atoms with Crippen LogP contribution < -0.4 is 10.5 Å². The van der Waals surface area contributed by atoms with Gasteiger partial charge in [-0.3, -0.25) is 4.40 Å². The lowest BCUT2D eigenvalue weighted by atomic mass is 10.2. The maximum atomic E-state index is 5.84. The summed E-state index contributed by atoms with van der Waals surface area (Å²) in [4.78, 5) is 4.47. The van der Waals surface area contributed by atoms with Gasteiger partial charge in [0.2, 0.25) is 0 Å². The normalized spacial score (nSPS) is 10.9. The van der Waals surface area contributed by atoms with Gasteiger partial charge in [-0.1, -0.05) is 18.2 Å². The summed E-state index contributed by atoms with van der Waals surface area (Å²) in [6.45, 7) is 2.41. The van der Waals surface area contributed by atoms with Crippen molar-refractivity contribution in [1.29, 1.82) is 0 Å². The molecular weight excluding hydrogens is 318 g/mol. The third kappa shape index (κ3) is 2.36. The van der Waals surface area contributed by atoms with Crippen LogP contribution in [-0.2, 0) is 6.61 Å². The Labute approximate surface area is 125 Å². The molecule has 1 aromatic carbocycles. The number of nitrogen functional groups attached to an aromatic ring is 1. The van der Waals surface area contributed by atoms with E-state index in [4.69, 9.17) is 10.5 Å². The number of ether oxygens (including phenoxy) is 1. The first kappa shape index (κ1) is 13.0. The van der Waals surface area contributed by atoms with Gasteiger partial charge in [0.1, 0.15) is 17.0 Å². The van der Waals surface area contributed by atoms with Crippen molar-refractivity contribution in [3.63, 3.8) is 0 Å². The van der Waals surface area contributed by atoms with E-state index in [1.54, 1.807) is 0 Å². The van der Waals surface area contributed by atoms with Crippen LogP contribution in [0.2, 0.25) is 0 Å². The molecule has 0 aliphatic heterocycles. The second kappa shape index (κ2) is 5.17. The fourth-order valence-corrected chi connectivity index (χ4v) is 2.61. The van der Waals surface area contributed by atoms with E-state index in [1.165, 1.54) is 0 Å². The van der Waals surface area contributed by atoms with E-state index in [0.29, 0.717) is 12.3 Å². The maximum Gasteiger partial charge on any atom is 0.152 e. The zero-order valence-electron chi connectivity index (χ0n) is 11.0. The molecule has 0 saturated heterocycles. The standard InChI is InChI=1S/C15H14BrN3O/c1-10-4-2-3-5-13(10)20-9-14-18-15(16)12-7-6-11(17)8-19(12)14/h2-8H,9,17H2,1H3. The number of rotatable bonds is 3. The first-order chi connectivity index (χ1) is 9.65. The molecule has 3 rings (SSSR count). The lowest BCUT2D eigenvalue weighted by Gasteiger charge is -2.08. The number of nitrogens with two attached hydrogens (primary N) is 1. The summed E-state index contributed by atoms with van der Waals surface area (Å²) in [7, 11) is 0. The second-order valence-corrected chi connectivity index (χ2v) is 5.34. The first-order valence-corrected chi connectivity index (χ1v) is 7.05. The molecule has 0 aliphatic carbocycles. The molecule has 2 heterocycles. The van der Waals surface area contributed by atoms with E-state index in [1.807, 2.05) is 53.9 Å². The fourth-order valence-electron chi connectivity index (χ4n) is 2.09. The summed E-state index contributed by atoms with van der Waals surface area (Å²) in [5.41, 5.74) is 8.60. The Balaban J connectivity index is 1.92. The largest absolute Gasteiger partial charge is 0.485 e. The maximum absolute atomic E-state index is 5.84. The van der Waals surface area contributed by atoms with Crippen LogP contribution in [0, 0.1) is 6.92 Å². The van der Waals surface area contributed by atoms with Gasteiger partial charge in [0.15, 0.2) is 5.82 Å². The van der Waals surface area contributed by atoms with Crippen LogP contribution >= 0.6 is 15.9 Å². The van der Waals surface area contributed by atoms with Gasteiger partial charge >= 0.3 is 0 Å². The molecule has 2 N–H and O–H groups in total. The molecule has 0 saturated carbocycles. The third-order valence-corrected chi connectivity index (χ3v) is 3.72. The molecule has 2 aromatic heterocycles. The number of fused-ring (bicyclic) bond motifs is 1. The number of aryl methyl sites for hydroxylation is 1. The van der Waals surface area contributed by atoms with Gasteiger partial charge in [-0.15, -0.1) is 0 Å². The highest BCUT2D eigenvalue weighted by Crippen LogP contribution is 2.22. The van der Waals surface area contributed by atoms with Crippen LogP contribution in [0.5, 0.6) is 5.75 Å². The van der Waals surface area contributed by atoms with E-state index >= 15 is 0 Å². The number of para-hydroxylation sites is 1. The molecule has 3 aromatic rings. The first-order valence-electron chi connectivity index (χ1n) is 6.25. The van der Waals surface area contributed by atoms with E-state index in [-0.39, 0.29) is 0 Å². The summed E-state index contributed by atoms with van der Waals surface area (Å²) in [5.74, 6) is 1.67. The molecule has 0 radical (unpaired) electrons. The molecular formula is C15H14BrN3O. The molecule has 0 unspecified atom stereocenters. The van der Waals surface area contributed by atoms with Gasteiger partial charge in [-0.05, 0) is 46.6 Å². The van der Waals surface area contributed by atoms with E-state index in [2.05, 4.69) is 20.9 Å². The molecule has 0 fully saturated rings. The Kier molecular flexibility index (Phi) is 3.36. The van der Waals surface area contributed by atoms with Gasteiger partial charge in [0, 0.05) is 11.9 Å². The quantitative estimate of drug-likeness (QED) is 0.798. The molecule has 0 aliphatic rings. The number of nitrogens with zero attached hydrogens (tertiary/aromatic N) is 2. The van der Waals surface area contributed by atoms with Gasteiger partial charge in [-0.25, -0.2) is 4.98 Å². The Morgan fingerprint density at radius 3 is 2.85 bits per heavy atom. The van der Waals surface area contributed by atoms with Crippen molar-refractivity contribution < 1.29 is 4.74 Å². The highest BCUT2D eigenvalue weighted by atomic mass is 79.9. The summed E-state index contributed by atoms with van der Waals surface area (Å²) in [6, 6.07) is 11.7. The van der Waals surface area contributed by atoms with Crippen molar-refractivity contribution in [3.8, 4) is 5.75 Å². The van der Waals surface area contributed by atoms with Crippen molar-refractivity contribution >= 4 is 27.1 Å². The number of imidazole rings is 1. The zero-order chi connectivity index (χ0) is 14.1. The average molecular weight is 332 g/mol. The summed E-state index contributed by atoms with van der Waals surface area (Å²) in [6.07, 6.45) is 1.85. The van der Waals surface area contributed by atoms with Gasteiger partial charge < -0.3 is 10.5 Å². The lowest BCUT2D eigenvalue weighted by Crippen LogP contribution is -2.02. The third-order valence-electron chi connectivity index (χ3n) is 3.14. The SMILES string of the molecule is Cc1ccccc1OCc1nc(Br)c2ccc(N)cn12. The number of pyridine rings is 1.